The molecule has 1 aromatic carbocycles. The van der Waals surface area contributed by atoms with E-state index in [0.29, 0.717) is 17.4 Å². The fourth-order valence-electron chi connectivity index (χ4n) is 2.29. The quantitative estimate of drug-likeness (QED) is 0.704. The van der Waals surface area contributed by atoms with Crippen molar-refractivity contribution in [2.24, 2.45) is 11.8 Å². The second-order valence-corrected chi connectivity index (χ2v) is 4.90. The molecule has 1 aliphatic carbocycles. The molecule has 1 aliphatic rings. The first kappa shape index (κ1) is 10.6. The lowest BCUT2D eigenvalue weighted by molar-refractivity contribution is 0.524. The zero-order valence-corrected chi connectivity index (χ0v) is 9.13. The van der Waals surface area contributed by atoms with Crippen molar-refractivity contribution in [2.75, 3.05) is 0 Å². The van der Waals surface area contributed by atoms with Gasteiger partial charge < -0.3 is 0 Å². The second-order valence-electron chi connectivity index (χ2n) is 4.90. The van der Waals surface area contributed by atoms with Crippen molar-refractivity contribution in [1.82, 2.24) is 0 Å². The van der Waals surface area contributed by atoms with Gasteiger partial charge in [-0.1, -0.05) is 13.8 Å². The van der Waals surface area contributed by atoms with Crippen LogP contribution >= 0.6 is 0 Å². The average Bonchev–Trinajstić information content (AvgIpc) is 2.87. The van der Waals surface area contributed by atoms with Gasteiger partial charge in [-0.3, -0.25) is 0 Å². The Hall–Kier alpha value is -0.920. The highest BCUT2D eigenvalue weighted by atomic mass is 19.1. The molecule has 2 unspecified atom stereocenters. The van der Waals surface area contributed by atoms with Crippen LogP contribution in [0.4, 0.5) is 8.78 Å². The average molecular weight is 210 g/mol. The Bertz CT molecular complexity index is 358. The van der Waals surface area contributed by atoms with E-state index >= 15 is 0 Å². The first-order valence-corrected chi connectivity index (χ1v) is 5.53. The third-order valence-electron chi connectivity index (χ3n) is 3.05. The molecule has 0 radical (unpaired) electrons. The van der Waals surface area contributed by atoms with Crippen LogP contribution in [-0.2, 0) is 0 Å². The number of halogens is 2. The van der Waals surface area contributed by atoms with Gasteiger partial charge in [0.25, 0.3) is 0 Å². The largest absolute Gasteiger partial charge is 0.207 e. The van der Waals surface area contributed by atoms with Gasteiger partial charge >= 0.3 is 0 Å². The molecular formula is C13H16F2. The molecule has 0 saturated heterocycles. The number of rotatable bonds is 3. The second kappa shape index (κ2) is 3.92. The molecule has 0 aliphatic heterocycles. The van der Waals surface area contributed by atoms with E-state index in [4.69, 9.17) is 0 Å². The summed E-state index contributed by atoms with van der Waals surface area (Å²) in [6.07, 6.45) is 2.12. The van der Waals surface area contributed by atoms with Crippen molar-refractivity contribution in [1.29, 1.82) is 0 Å². The van der Waals surface area contributed by atoms with Gasteiger partial charge in [-0.25, -0.2) is 8.78 Å². The summed E-state index contributed by atoms with van der Waals surface area (Å²) in [5, 5.41) is 0. The fraction of sp³-hybridized carbons (Fsp3) is 0.538. The van der Waals surface area contributed by atoms with E-state index < -0.39 is 0 Å². The zero-order valence-electron chi connectivity index (χ0n) is 9.13. The van der Waals surface area contributed by atoms with Gasteiger partial charge in [0, 0.05) is 0 Å². The third kappa shape index (κ3) is 2.36. The standard InChI is InChI=1S/C13H16F2/c1-8(2)5-9-6-11(9)12-7-10(14)3-4-13(12)15/h3-4,7-9,11H,5-6H2,1-2H3. The smallest absolute Gasteiger partial charge is 0.126 e. The van der Waals surface area contributed by atoms with E-state index in [2.05, 4.69) is 13.8 Å². The van der Waals surface area contributed by atoms with Gasteiger partial charge in [-0.2, -0.15) is 0 Å². The predicted octanol–water partition coefficient (Wildman–Crippen LogP) is 4.11. The summed E-state index contributed by atoms with van der Waals surface area (Å²) in [5.41, 5.74) is 0.570. The molecule has 1 fully saturated rings. The van der Waals surface area contributed by atoms with E-state index in [0.717, 1.165) is 12.8 Å². The van der Waals surface area contributed by atoms with E-state index in [1.807, 2.05) is 0 Å². The summed E-state index contributed by atoms with van der Waals surface area (Å²) >= 11 is 0. The van der Waals surface area contributed by atoms with Crippen molar-refractivity contribution >= 4 is 0 Å². The normalized spacial score (nSPS) is 24.6. The Morgan fingerprint density at radius 2 is 2.07 bits per heavy atom. The Labute approximate surface area is 89.3 Å². The molecule has 15 heavy (non-hydrogen) atoms. The summed E-state index contributed by atoms with van der Waals surface area (Å²) in [7, 11) is 0. The van der Waals surface area contributed by atoms with Gasteiger partial charge in [0.05, 0.1) is 0 Å². The molecule has 0 nitrogen and oxygen atoms in total. The first-order valence-electron chi connectivity index (χ1n) is 5.53. The van der Waals surface area contributed by atoms with Crippen molar-refractivity contribution in [3.63, 3.8) is 0 Å². The Morgan fingerprint density at radius 3 is 2.73 bits per heavy atom. The predicted molar refractivity (Wildman–Crippen MR) is 56.7 cm³/mol. The van der Waals surface area contributed by atoms with Gasteiger partial charge in [0.1, 0.15) is 11.6 Å². The summed E-state index contributed by atoms with van der Waals surface area (Å²) in [4.78, 5) is 0. The molecule has 2 heteroatoms. The lowest BCUT2D eigenvalue weighted by Gasteiger charge is -2.05. The monoisotopic (exact) mass is 210 g/mol. The summed E-state index contributed by atoms with van der Waals surface area (Å²) in [6, 6.07) is 3.76. The van der Waals surface area contributed by atoms with Gasteiger partial charge in [-0.05, 0) is 54.4 Å². The molecule has 0 amide bonds. The minimum atomic E-state index is -0.332. The number of hydrogen-bond donors (Lipinski definition) is 0. The Balaban J connectivity index is 2.09. The summed E-state index contributed by atoms with van der Waals surface area (Å²) in [5.74, 6) is 0.857. The molecule has 1 saturated carbocycles. The van der Waals surface area contributed by atoms with Crippen molar-refractivity contribution < 1.29 is 8.78 Å². The highest BCUT2D eigenvalue weighted by Crippen LogP contribution is 2.51. The number of benzene rings is 1. The van der Waals surface area contributed by atoms with Crippen LogP contribution in [0.2, 0.25) is 0 Å². The van der Waals surface area contributed by atoms with Crippen molar-refractivity contribution in [2.45, 2.75) is 32.6 Å². The van der Waals surface area contributed by atoms with Crippen LogP contribution < -0.4 is 0 Å². The van der Waals surface area contributed by atoms with Crippen LogP contribution in [0, 0.1) is 23.5 Å². The van der Waals surface area contributed by atoms with Gasteiger partial charge in [0.15, 0.2) is 0 Å². The topological polar surface area (TPSA) is 0 Å². The van der Waals surface area contributed by atoms with Crippen LogP contribution in [0.25, 0.3) is 0 Å². The van der Waals surface area contributed by atoms with Gasteiger partial charge in [0.2, 0.25) is 0 Å². The molecular weight excluding hydrogens is 194 g/mol. The summed E-state index contributed by atoms with van der Waals surface area (Å²) < 4.78 is 26.4. The maximum absolute atomic E-state index is 13.4. The van der Waals surface area contributed by atoms with Crippen LogP contribution in [0.15, 0.2) is 18.2 Å². The lowest BCUT2D eigenvalue weighted by atomic mass is 10.0. The molecule has 0 spiro atoms. The molecule has 1 aromatic rings. The maximum Gasteiger partial charge on any atom is 0.126 e. The molecule has 82 valence electrons. The third-order valence-corrected chi connectivity index (χ3v) is 3.05. The maximum atomic E-state index is 13.4. The Kier molecular flexibility index (Phi) is 2.76. The lowest BCUT2D eigenvalue weighted by Crippen LogP contribution is -1.94. The van der Waals surface area contributed by atoms with Crippen molar-refractivity contribution in [3.05, 3.63) is 35.4 Å². The molecule has 0 heterocycles. The first-order chi connectivity index (χ1) is 7.08. The van der Waals surface area contributed by atoms with Crippen LogP contribution in [0.3, 0.4) is 0 Å². The fourth-order valence-corrected chi connectivity index (χ4v) is 2.29. The van der Waals surface area contributed by atoms with Crippen molar-refractivity contribution in [3.8, 4) is 0 Å². The SMILES string of the molecule is CC(C)CC1CC1c1cc(F)ccc1F. The van der Waals surface area contributed by atoms with Gasteiger partial charge in [-0.15, -0.1) is 0 Å². The van der Waals surface area contributed by atoms with Crippen LogP contribution in [0.5, 0.6) is 0 Å². The molecule has 0 bridgehead atoms. The van der Waals surface area contributed by atoms with E-state index in [1.54, 1.807) is 0 Å². The number of hydrogen-bond acceptors (Lipinski definition) is 0. The minimum absolute atomic E-state index is 0.253. The molecule has 2 rings (SSSR count). The van der Waals surface area contributed by atoms with Crippen LogP contribution in [-0.4, -0.2) is 0 Å². The minimum Gasteiger partial charge on any atom is -0.207 e. The Morgan fingerprint density at radius 1 is 1.33 bits per heavy atom. The molecule has 0 N–H and O–H groups in total. The van der Waals surface area contributed by atoms with E-state index in [-0.39, 0.29) is 17.6 Å². The highest BCUT2D eigenvalue weighted by Gasteiger charge is 2.39. The highest BCUT2D eigenvalue weighted by molar-refractivity contribution is 5.28. The van der Waals surface area contributed by atoms with E-state index in [9.17, 15) is 8.78 Å². The van der Waals surface area contributed by atoms with Crippen LogP contribution in [0.1, 0.15) is 38.2 Å². The molecule has 0 aromatic heterocycles. The van der Waals surface area contributed by atoms with E-state index in [1.165, 1.54) is 18.2 Å². The molecule has 2 atom stereocenters. The summed E-state index contributed by atoms with van der Waals surface area (Å²) in [6.45, 7) is 4.33. The zero-order chi connectivity index (χ0) is 11.0.